The zero-order valence-corrected chi connectivity index (χ0v) is 9.06. The summed E-state index contributed by atoms with van der Waals surface area (Å²) in [6.45, 7) is 5.51. The summed E-state index contributed by atoms with van der Waals surface area (Å²) in [7, 11) is 0. The third kappa shape index (κ3) is 2.65. The first-order valence-electron chi connectivity index (χ1n) is 4.71. The number of carbonyl (C=O) groups excluding carboxylic acids is 2. The van der Waals surface area contributed by atoms with Crippen molar-refractivity contribution in [1.29, 1.82) is 0 Å². The van der Waals surface area contributed by atoms with Crippen molar-refractivity contribution in [2.24, 2.45) is 5.41 Å². The van der Waals surface area contributed by atoms with Gasteiger partial charge in [-0.1, -0.05) is 6.92 Å². The molecule has 0 radical (unpaired) electrons. The van der Waals surface area contributed by atoms with Crippen LogP contribution in [0.1, 0.15) is 37.7 Å². The predicted octanol–water partition coefficient (Wildman–Crippen LogP) is 1.09. The summed E-state index contributed by atoms with van der Waals surface area (Å²) in [5.74, 6) is -0.347. The van der Waals surface area contributed by atoms with Crippen LogP contribution in [0, 0.1) is 5.41 Å². The molecule has 5 nitrogen and oxygen atoms in total. The lowest BCUT2D eigenvalue weighted by molar-refractivity contribution is -0.154. The lowest BCUT2D eigenvalue weighted by atomic mass is 9.91. The second-order valence-electron chi connectivity index (χ2n) is 3.89. The van der Waals surface area contributed by atoms with E-state index in [-0.39, 0.29) is 11.7 Å². The Morgan fingerprint density at radius 3 is 2.80 bits per heavy atom. The summed E-state index contributed by atoms with van der Waals surface area (Å²) in [6.07, 6.45) is 3.92. The fraction of sp³-hybridized carbons (Fsp3) is 0.500. The summed E-state index contributed by atoms with van der Waals surface area (Å²) in [6, 6.07) is 0. The van der Waals surface area contributed by atoms with Crippen LogP contribution >= 0.6 is 0 Å². The van der Waals surface area contributed by atoms with Gasteiger partial charge in [0.25, 0.3) is 0 Å². The van der Waals surface area contributed by atoms with Gasteiger partial charge in [-0.2, -0.15) is 4.73 Å². The molecule has 0 N–H and O–H groups in total. The number of rotatable bonds is 4. The van der Waals surface area contributed by atoms with Crippen molar-refractivity contribution < 1.29 is 14.4 Å². The van der Waals surface area contributed by atoms with Gasteiger partial charge < -0.3 is 4.84 Å². The molecule has 0 aromatic carbocycles. The fourth-order valence-corrected chi connectivity index (χ4v) is 0.795. The van der Waals surface area contributed by atoms with Gasteiger partial charge in [-0.05, 0) is 20.3 Å². The predicted molar refractivity (Wildman–Crippen MR) is 53.3 cm³/mol. The van der Waals surface area contributed by atoms with E-state index >= 15 is 0 Å². The van der Waals surface area contributed by atoms with Crippen LogP contribution in [0.2, 0.25) is 0 Å². The molecule has 0 atom stereocenters. The Hall–Kier alpha value is -1.65. The van der Waals surface area contributed by atoms with E-state index < -0.39 is 5.41 Å². The minimum atomic E-state index is -0.536. The first-order chi connectivity index (χ1) is 6.99. The van der Waals surface area contributed by atoms with Crippen molar-refractivity contribution >= 4 is 12.3 Å². The number of hydrogen-bond acceptors (Lipinski definition) is 4. The number of carbonyl (C=O) groups is 2. The first-order valence-corrected chi connectivity index (χ1v) is 4.71. The summed E-state index contributed by atoms with van der Waals surface area (Å²) >= 11 is 0. The summed E-state index contributed by atoms with van der Waals surface area (Å²) in [5.41, 5.74) is -0.303. The molecular formula is C10H14N2O3. The molecule has 0 aliphatic heterocycles. The molecule has 0 amide bonds. The topological polar surface area (TPSA) is 61.2 Å². The van der Waals surface area contributed by atoms with Gasteiger partial charge in [-0.25, -0.2) is 9.78 Å². The van der Waals surface area contributed by atoms with Crippen molar-refractivity contribution in [1.82, 2.24) is 9.71 Å². The van der Waals surface area contributed by atoms with Gasteiger partial charge in [0.1, 0.15) is 12.0 Å². The minimum Gasteiger partial charge on any atom is -0.335 e. The normalized spacial score (nSPS) is 11.1. The van der Waals surface area contributed by atoms with Crippen LogP contribution in [0.25, 0.3) is 0 Å². The zero-order valence-electron chi connectivity index (χ0n) is 9.06. The smallest absolute Gasteiger partial charge is 0.335 e. The van der Waals surface area contributed by atoms with E-state index in [1.165, 1.54) is 12.5 Å². The second kappa shape index (κ2) is 4.25. The Morgan fingerprint density at radius 1 is 1.67 bits per heavy atom. The zero-order chi connectivity index (χ0) is 11.5. The maximum Gasteiger partial charge on any atom is 0.338 e. The van der Waals surface area contributed by atoms with E-state index in [4.69, 9.17) is 4.84 Å². The van der Waals surface area contributed by atoms with Gasteiger partial charge in [0.2, 0.25) is 0 Å². The van der Waals surface area contributed by atoms with E-state index in [2.05, 4.69) is 4.98 Å². The molecule has 1 rings (SSSR count). The number of aromatic nitrogens is 2. The summed E-state index contributed by atoms with van der Waals surface area (Å²) in [4.78, 5) is 30.7. The average molecular weight is 210 g/mol. The Labute approximate surface area is 88.0 Å². The molecule has 0 spiro atoms. The lowest BCUT2D eigenvalue weighted by Gasteiger charge is -2.19. The monoisotopic (exact) mass is 210 g/mol. The Morgan fingerprint density at radius 2 is 2.33 bits per heavy atom. The third-order valence-electron chi connectivity index (χ3n) is 2.33. The highest BCUT2D eigenvalue weighted by Crippen LogP contribution is 2.20. The molecule has 0 saturated carbocycles. The van der Waals surface area contributed by atoms with Crippen molar-refractivity contribution in [2.75, 3.05) is 0 Å². The Balaban J connectivity index is 2.70. The van der Waals surface area contributed by atoms with E-state index in [0.717, 1.165) is 4.73 Å². The third-order valence-corrected chi connectivity index (χ3v) is 2.33. The van der Waals surface area contributed by atoms with Gasteiger partial charge in [-0.15, -0.1) is 0 Å². The molecule has 1 heterocycles. The SMILES string of the molecule is CCC(C)(C)C(=O)On1cnc(C=O)c1. The van der Waals surface area contributed by atoms with Crippen LogP contribution in [0.4, 0.5) is 0 Å². The molecule has 5 heteroatoms. The Kier molecular flexibility index (Phi) is 3.24. The molecular weight excluding hydrogens is 196 g/mol. The van der Waals surface area contributed by atoms with Crippen molar-refractivity contribution in [3.05, 3.63) is 18.2 Å². The molecule has 0 aliphatic rings. The maximum absolute atomic E-state index is 11.6. The molecule has 1 aromatic rings. The van der Waals surface area contributed by atoms with Gasteiger partial charge in [0.15, 0.2) is 6.29 Å². The number of hydrogen-bond donors (Lipinski definition) is 0. The van der Waals surface area contributed by atoms with Crippen molar-refractivity contribution in [3.63, 3.8) is 0 Å². The minimum absolute atomic E-state index is 0.233. The van der Waals surface area contributed by atoms with Gasteiger partial charge in [-0.3, -0.25) is 4.79 Å². The number of imidazole rings is 1. The molecule has 0 unspecified atom stereocenters. The first kappa shape index (κ1) is 11.4. The molecule has 15 heavy (non-hydrogen) atoms. The van der Waals surface area contributed by atoms with Crippen LogP contribution in [-0.2, 0) is 4.79 Å². The van der Waals surface area contributed by atoms with Crippen LogP contribution in [0.3, 0.4) is 0 Å². The highest BCUT2D eigenvalue weighted by Gasteiger charge is 2.28. The van der Waals surface area contributed by atoms with Gasteiger partial charge in [0, 0.05) is 0 Å². The molecule has 0 bridgehead atoms. The van der Waals surface area contributed by atoms with Crippen LogP contribution < -0.4 is 4.84 Å². The van der Waals surface area contributed by atoms with E-state index in [1.54, 1.807) is 13.8 Å². The lowest BCUT2D eigenvalue weighted by Crippen LogP contribution is -2.32. The maximum atomic E-state index is 11.6. The summed E-state index contributed by atoms with van der Waals surface area (Å²) < 4.78 is 1.14. The van der Waals surface area contributed by atoms with Crippen LogP contribution in [0.5, 0.6) is 0 Å². The van der Waals surface area contributed by atoms with Gasteiger partial charge in [0.05, 0.1) is 11.6 Å². The molecule has 0 aliphatic carbocycles. The standard InChI is InChI=1S/C10H14N2O3/c1-4-10(2,3)9(14)15-12-5-8(6-13)11-7-12/h5-7H,4H2,1-3H3. The highest BCUT2D eigenvalue weighted by atomic mass is 16.7. The molecule has 82 valence electrons. The van der Waals surface area contributed by atoms with Crippen molar-refractivity contribution in [2.45, 2.75) is 27.2 Å². The van der Waals surface area contributed by atoms with Gasteiger partial charge >= 0.3 is 5.97 Å². The number of aldehydes is 1. The van der Waals surface area contributed by atoms with Crippen molar-refractivity contribution in [3.8, 4) is 0 Å². The second-order valence-corrected chi connectivity index (χ2v) is 3.89. The fourth-order valence-electron chi connectivity index (χ4n) is 0.795. The molecule has 0 fully saturated rings. The highest BCUT2D eigenvalue weighted by molar-refractivity contribution is 5.76. The van der Waals surface area contributed by atoms with Crippen LogP contribution in [0.15, 0.2) is 12.5 Å². The average Bonchev–Trinajstić information content (AvgIpc) is 2.65. The van der Waals surface area contributed by atoms with E-state index in [1.807, 2.05) is 6.92 Å². The van der Waals surface area contributed by atoms with E-state index in [9.17, 15) is 9.59 Å². The largest absolute Gasteiger partial charge is 0.338 e. The number of nitrogens with zero attached hydrogens (tertiary/aromatic N) is 2. The Bertz CT molecular complexity index is 368. The van der Waals surface area contributed by atoms with Crippen LogP contribution in [-0.4, -0.2) is 22.0 Å². The quantitative estimate of drug-likeness (QED) is 0.698. The molecule has 1 aromatic heterocycles. The molecule has 0 saturated heterocycles. The van der Waals surface area contributed by atoms with E-state index in [0.29, 0.717) is 12.7 Å². The summed E-state index contributed by atoms with van der Waals surface area (Å²) in [5, 5.41) is 0.